The van der Waals surface area contributed by atoms with Crippen LogP contribution in [0.3, 0.4) is 0 Å². The van der Waals surface area contributed by atoms with Crippen LogP contribution < -0.4 is 4.90 Å². The Morgan fingerprint density at radius 3 is 2.73 bits per heavy atom. The highest BCUT2D eigenvalue weighted by atomic mass is 32.1. The Labute approximate surface area is 159 Å². The van der Waals surface area contributed by atoms with Crippen molar-refractivity contribution in [3.8, 4) is 0 Å². The molecule has 0 aliphatic carbocycles. The number of likely N-dealkylation sites (N-methyl/N-ethyl adjacent to an activating group) is 1. The minimum Gasteiger partial charge on any atom is -0.375 e. The van der Waals surface area contributed by atoms with E-state index < -0.39 is 0 Å². The van der Waals surface area contributed by atoms with E-state index in [0.717, 1.165) is 50.8 Å². The second-order valence-corrected chi connectivity index (χ2v) is 9.45. The first-order valence-corrected chi connectivity index (χ1v) is 10.1. The van der Waals surface area contributed by atoms with Gasteiger partial charge in [-0.2, -0.15) is 5.10 Å². The van der Waals surface area contributed by atoms with Gasteiger partial charge in [0.25, 0.3) is 0 Å². The van der Waals surface area contributed by atoms with Gasteiger partial charge in [-0.05, 0) is 19.2 Å². The molecule has 2 aliphatic heterocycles. The van der Waals surface area contributed by atoms with Crippen molar-refractivity contribution in [2.45, 2.75) is 51.8 Å². The Bertz CT molecular complexity index is 738. The van der Waals surface area contributed by atoms with Crippen LogP contribution in [0.5, 0.6) is 0 Å². The van der Waals surface area contributed by atoms with Gasteiger partial charge in [-0.1, -0.05) is 20.8 Å². The standard InChI is InChI=1S/C19H27N5OS/c1-19(2,3)16-5-6-17(22-21-16)24-9-13(10-24)23(4)11-18-20-14-7-8-25-12-15(14)26-18/h5-6,13H,7-12H2,1-4H3. The third-order valence-corrected chi connectivity index (χ3v) is 6.21. The number of rotatable bonds is 4. The third-order valence-electron chi connectivity index (χ3n) is 5.15. The van der Waals surface area contributed by atoms with Gasteiger partial charge in [-0.3, -0.25) is 4.90 Å². The number of ether oxygens (including phenoxy) is 1. The minimum atomic E-state index is 0.0428. The maximum absolute atomic E-state index is 5.52. The lowest BCUT2D eigenvalue weighted by Crippen LogP contribution is -2.58. The Kier molecular flexibility index (Phi) is 4.71. The highest BCUT2D eigenvalue weighted by molar-refractivity contribution is 7.11. The molecule has 2 aromatic rings. The summed E-state index contributed by atoms with van der Waals surface area (Å²) in [6, 6.07) is 4.73. The van der Waals surface area contributed by atoms with Gasteiger partial charge in [0.05, 0.1) is 36.0 Å². The van der Waals surface area contributed by atoms with Crippen LogP contribution in [0.1, 0.15) is 42.0 Å². The van der Waals surface area contributed by atoms with Crippen molar-refractivity contribution >= 4 is 17.2 Å². The van der Waals surface area contributed by atoms with E-state index in [1.807, 2.05) is 0 Å². The van der Waals surface area contributed by atoms with Gasteiger partial charge < -0.3 is 9.64 Å². The van der Waals surface area contributed by atoms with Crippen LogP contribution in [0, 0.1) is 0 Å². The summed E-state index contributed by atoms with van der Waals surface area (Å²) >= 11 is 1.80. The second kappa shape index (κ2) is 6.87. The quantitative estimate of drug-likeness (QED) is 0.821. The molecular weight excluding hydrogens is 346 g/mol. The number of hydrogen-bond acceptors (Lipinski definition) is 7. The SMILES string of the molecule is CN(Cc1nc2c(s1)COCC2)C1CN(c2ccc(C(C)(C)C)nn2)C1. The zero-order chi connectivity index (χ0) is 18.3. The van der Waals surface area contributed by atoms with E-state index in [0.29, 0.717) is 6.04 Å². The minimum absolute atomic E-state index is 0.0428. The maximum atomic E-state index is 5.52. The van der Waals surface area contributed by atoms with E-state index in [9.17, 15) is 0 Å². The van der Waals surface area contributed by atoms with Crippen molar-refractivity contribution in [3.05, 3.63) is 33.4 Å². The second-order valence-electron chi connectivity index (χ2n) is 8.28. The molecule has 6 nitrogen and oxygen atoms in total. The molecule has 1 fully saturated rings. The lowest BCUT2D eigenvalue weighted by molar-refractivity contribution is 0.112. The summed E-state index contributed by atoms with van der Waals surface area (Å²) in [7, 11) is 2.19. The highest BCUT2D eigenvalue weighted by Gasteiger charge is 2.32. The number of nitrogens with zero attached hydrogens (tertiary/aromatic N) is 5. The fourth-order valence-electron chi connectivity index (χ4n) is 3.30. The Morgan fingerprint density at radius 1 is 1.27 bits per heavy atom. The zero-order valence-corrected chi connectivity index (χ0v) is 16.8. The molecule has 0 unspecified atom stereocenters. The lowest BCUT2D eigenvalue weighted by Gasteiger charge is -2.44. The number of aromatic nitrogens is 3. The van der Waals surface area contributed by atoms with Crippen LogP contribution in [0.4, 0.5) is 5.82 Å². The van der Waals surface area contributed by atoms with E-state index in [-0.39, 0.29) is 5.41 Å². The summed E-state index contributed by atoms with van der Waals surface area (Å²) in [5.41, 5.74) is 2.32. The number of anilines is 1. The van der Waals surface area contributed by atoms with Gasteiger partial charge in [0.1, 0.15) is 5.01 Å². The molecule has 0 atom stereocenters. The summed E-state index contributed by atoms with van der Waals surface area (Å²) < 4.78 is 5.52. The molecule has 7 heteroatoms. The Hall–Kier alpha value is -1.57. The van der Waals surface area contributed by atoms with E-state index in [4.69, 9.17) is 9.72 Å². The monoisotopic (exact) mass is 373 g/mol. The summed E-state index contributed by atoms with van der Waals surface area (Å²) in [5, 5.41) is 10.0. The first kappa shape index (κ1) is 17.8. The van der Waals surface area contributed by atoms with E-state index >= 15 is 0 Å². The summed E-state index contributed by atoms with van der Waals surface area (Å²) in [6.07, 6.45) is 0.954. The summed E-state index contributed by atoms with van der Waals surface area (Å²) in [4.78, 5) is 10.8. The van der Waals surface area contributed by atoms with Crippen molar-refractivity contribution in [1.82, 2.24) is 20.1 Å². The zero-order valence-electron chi connectivity index (χ0n) is 16.0. The van der Waals surface area contributed by atoms with E-state index in [2.05, 4.69) is 59.9 Å². The van der Waals surface area contributed by atoms with Crippen LogP contribution in [0.25, 0.3) is 0 Å². The van der Waals surface area contributed by atoms with Crippen molar-refractivity contribution in [2.24, 2.45) is 0 Å². The average molecular weight is 374 g/mol. The van der Waals surface area contributed by atoms with Gasteiger partial charge >= 0.3 is 0 Å². The summed E-state index contributed by atoms with van der Waals surface area (Å²) in [5.74, 6) is 0.976. The van der Waals surface area contributed by atoms with Crippen molar-refractivity contribution in [1.29, 1.82) is 0 Å². The fourth-order valence-corrected chi connectivity index (χ4v) is 4.42. The Morgan fingerprint density at radius 2 is 2.08 bits per heavy atom. The molecular formula is C19H27N5OS. The molecule has 0 N–H and O–H groups in total. The molecule has 0 spiro atoms. The van der Waals surface area contributed by atoms with E-state index in [1.165, 1.54) is 15.6 Å². The molecule has 0 aromatic carbocycles. The molecule has 0 saturated carbocycles. The van der Waals surface area contributed by atoms with Crippen LogP contribution >= 0.6 is 11.3 Å². The molecule has 4 rings (SSSR count). The number of fused-ring (bicyclic) bond motifs is 1. The van der Waals surface area contributed by atoms with Crippen molar-refractivity contribution in [3.63, 3.8) is 0 Å². The first-order chi connectivity index (χ1) is 12.4. The largest absolute Gasteiger partial charge is 0.375 e. The van der Waals surface area contributed by atoms with Crippen LogP contribution in [0.2, 0.25) is 0 Å². The number of thiazole rings is 1. The van der Waals surface area contributed by atoms with Crippen molar-refractivity contribution in [2.75, 3.05) is 31.6 Å². The molecule has 0 bridgehead atoms. The van der Waals surface area contributed by atoms with E-state index in [1.54, 1.807) is 11.3 Å². The fraction of sp³-hybridized carbons (Fsp3) is 0.632. The average Bonchev–Trinajstić information content (AvgIpc) is 2.95. The first-order valence-electron chi connectivity index (χ1n) is 9.25. The normalized spacial score (nSPS) is 18.1. The molecule has 4 heterocycles. The predicted octanol–water partition coefficient (Wildman–Crippen LogP) is 2.62. The molecule has 26 heavy (non-hydrogen) atoms. The van der Waals surface area contributed by atoms with Gasteiger partial charge in [-0.15, -0.1) is 16.4 Å². The van der Waals surface area contributed by atoms with Gasteiger partial charge in [-0.25, -0.2) is 4.98 Å². The van der Waals surface area contributed by atoms with Gasteiger partial charge in [0, 0.05) is 31.0 Å². The number of hydrogen-bond donors (Lipinski definition) is 0. The molecule has 0 amide bonds. The molecule has 0 radical (unpaired) electrons. The summed E-state index contributed by atoms with van der Waals surface area (Å²) in [6.45, 7) is 10.9. The van der Waals surface area contributed by atoms with Gasteiger partial charge in [0.15, 0.2) is 5.82 Å². The molecule has 140 valence electrons. The maximum Gasteiger partial charge on any atom is 0.151 e. The molecule has 2 aliphatic rings. The van der Waals surface area contributed by atoms with Crippen LogP contribution in [-0.4, -0.2) is 52.9 Å². The van der Waals surface area contributed by atoms with Crippen molar-refractivity contribution < 1.29 is 4.74 Å². The Balaban J connectivity index is 1.32. The molecule has 2 aromatic heterocycles. The highest BCUT2D eigenvalue weighted by Crippen LogP contribution is 2.27. The topological polar surface area (TPSA) is 54.4 Å². The smallest absolute Gasteiger partial charge is 0.151 e. The van der Waals surface area contributed by atoms with Gasteiger partial charge in [0.2, 0.25) is 0 Å². The predicted molar refractivity (Wildman–Crippen MR) is 104 cm³/mol. The lowest BCUT2D eigenvalue weighted by atomic mass is 9.92. The molecule has 1 saturated heterocycles. The third kappa shape index (κ3) is 3.61. The van der Waals surface area contributed by atoms with Crippen LogP contribution in [0.15, 0.2) is 12.1 Å². The van der Waals surface area contributed by atoms with Crippen LogP contribution in [-0.2, 0) is 29.7 Å².